The van der Waals surface area contributed by atoms with Gasteiger partial charge in [-0.15, -0.1) is 0 Å². The zero-order chi connectivity index (χ0) is 14.2. The first-order valence-corrected chi connectivity index (χ1v) is 8.76. The molecule has 1 saturated carbocycles. The summed E-state index contributed by atoms with van der Waals surface area (Å²) < 4.78 is 29.2. The molecule has 0 bridgehead atoms. The minimum absolute atomic E-state index is 0.0406. The van der Waals surface area contributed by atoms with Crippen LogP contribution in [0.4, 0.5) is 0 Å². The summed E-state index contributed by atoms with van der Waals surface area (Å²) in [7, 11) is -1.66. The Hall–Kier alpha value is -0.170. The van der Waals surface area contributed by atoms with Gasteiger partial charge in [-0.05, 0) is 38.1 Å². The van der Waals surface area contributed by atoms with Crippen LogP contribution in [0.3, 0.4) is 0 Å². The quantitative estimate of drug-likeness (QED) is 0.790. The van der Waals surface area contributed by atoms with Crippen molar-refractivity contribution >= 4 is 10.2 Å². The van der Waals surface area contributed by atoms with Gasteiger partial charge in [0.1, 0.15) is 0 Å². The molecule has 19 heavy (non-hydrogen) atoms. The Morgan fingerprint density at radius 1 is 1.37 bits per heavy atom. The van der Waals surface area contributed by atoms with E-state index < -0.39 is 10.2 Å². The predicted octanol–water partition coefficient (Wildman–Crippen LogP) is 0.891. The van der Waals surface area contributed by atoms with E-state index in [0.29, 0.717) is 11.8 Å². The molecule has 0 aromatic carbocycles. The highest BCUT2D eigenvalue weighted by Gasteiger charge is 2.38. The molecule has 0 spiro atoms. The number of likely N-dealkylation sites (tertiary alicyclic amines) is 1. The fourth-order valence-corrected chi connectivity index (χ4v) is 4.31. The molecule has 1 aliphatic carbocycles. The van der Waals surface area contributed by atoms with Crippen LogP contribution in [-0.2, 0) is 10.2 Å². The fraction of sp³-hybridized carbons (Fsp3) is 1.00. The standard InChI is InChI=1S/C13H27N3O2S/c1-5-16-8-10(2)13(9-16)14-19(17,18)15(4)11(3)12-6-7-12/h10-14H,5-9H2,1-4H3/t10-,11+,13+/m0/s1. The average Bonchev–Trinajstić information content (AvgIpc) is 3.14. The summed E-state index contributed by atoms with van der Waals surface area (Å²) in [6.07, 6.45) is 2.31. The third-order valence-corrected chi connectivity index (χ3v) is 6.38. The van der Waals surface area contributed by atoms with E-state index in [0.717, 1.165) is 32.5 Å². The molecule has 0 radical (unpaired) electrons. The number of likely N-dealkylation sites (N-methyl/N-ethyl adjacent to an activating group) is 1. The van der Waals surface area contributed by atoms with Crippen LogP contribution in [0.15, 0.2) is 0 Å². The molecule has 1 aliphatic heterocycles. The SMILES string of the molecule is CCN1C[C@H](C)[C@H](NS(=O)(=O)N(C)[C@H](C)C2CC2)C1. The topological polar surface area (TPSA) is 52.7 Å². The summed E-state index contributed by atoms with van der Waals surface area (Å²) in [6, 6.07) is 0.148. The van der Waals surface area contributed by atoms with Gasteiger partial charge in [-0.1, -0.05) is 13.8 Å². The molecule has 6 heteroatoms. The third kappa shape index (κ3) is 3.48. The lowest BCUT2D eigenvalue weighted by Gasteiger charge is -2.27. The minimum Gasteiger partial charge on any atom is -0.302 e. The summed E-state index contributed by atoms with van der Waals surface area (Å²) in [5.74, 6) is 0.925. The summed E-state index contributed by atoms with van der Waals surface area (Å²) in [6.45, 7) is 9.02. The summed E-state index contributed by atoms with van der Waals surface area (Å²) >= 11 is 0. The van der Waals surface area contributed by atoms with Crippen LogP contribution in [0.25, 0.3) is 0 Å². The molecular weight excluding hydrogens is 262 g/mol. The van der Waals surface area contributed by atoms with Crippen molar-refractivity contribution in [2.75, 3.05) is 26.7 Å². The zero-order valence-corrected chi connectivity index (χ0v) is 13.3. The van der Waals surface area contributed by atoms with Crippen LogP contribution in [0.2, 0.25) is 0 Å². The molecule has 3 atom stereocenters. The van der Waals surface area contributed by atoms with E-state index in [9.17, 15) is 8.42 Å². The van der Waals surface area contributed by atoms with E-state index in [1.54, 1.807) is 7.05 Å². The lowest BCUT2D eigenvalue weighted by molar-refractivity contribution is 0.337. The second kappa shape index (κ2) is 5.68. The largest absolute Gasteiger partial charge is 0.302 e. The molecule has 2 fully saturated rings. The Bertz CT molecular complexity index is 408. The minimum atomic E-state index is -3.36. The maximum Gasteiger partial charge on any atom is 0.279 e. The van der Waals surface area contributed by atoms with Gasteiger partial charge in [0.25, 0.3) is 10.2 Å². The Labute approximate surface area is 117 Å². The van der Waals surface area contributed by atoms with Crippen molar-refractivity contribution in [1.29, 1.82) is 0 Å². The van der Waals surface area contributed by atoms with Crippen LogP contribution >= 0.6 is 0 Å². The van der Waals surface area contributed by atoms with Crippen molar-refractivity contribution in [3.05, 3.63) is 0 Å². The van der Waals surface area contributed by atoms with Crippen molar-refractivity contribution in [2.24, 2.45) is 11.8 Å². The molecule has 0 aromatic heterocycles. The lowest BCUT2D eigenvalue weighted by Crippen LogP contribution is -2.49. The van der Waals surface area contributed by atoms with Crippen LogP contribution < -0.4 is 4.72 Å². The van der Waals surface area contributed by atoms with Gasteiger partial charge in [-0.2, -0.15) is 17.4 Å². The van der Waals surface area contributed by atoms with Crippen LogP contribution in [0.1, 0.15) is 33.6 Å². The number of hydrogen-bond donors (Lipinski definition) is 1. The van der Waals surface area contributed by atoms with E-state index in [1.807, 2.05) is 6.92 Å². The molecule has 1 saturated heterocycles. The fourth-order valence-electron chi connectivity index (χ4n) is 2.85. The zero-order valence-electron chi connectivity index (χ0n) is 12.5. The highest BCUT2D eigenvalue weighted by molar-refractivity contribution is 7.87. The molecule has 112 valence electrons. The van der Waals surface area contributed by atoms with Gasteiger partial charge in [-0.3, -0.25) is 0 Å². The molecule has 1 N–H and O–H groups in total. The van der Waals surface area contributed by atoms with Crippen LogP contribution in [-0.4, -0.2) is 56.4 Å². The van der Waals surface area contributed by atoms with Gasteiger partial charge >= 0.3 is 0 Å². The van der Waals surface area contributed by atoms with E-state index in [1.165, 1.54) is 4.31 Å². The Balaban J connectivity index is 1.96. The first-order valence-electron chi connectivity index (χ1n) is 7.32. The molecule has 0 aromatic rings. The van der Waals surface area contributed by atoms with Gasteiger partial charge in [0.15, 0.2) is 0 Å². The van der Waals surface area contributed by atoms with Crippen molar-refractivity contribution in [3.63, 3.8) is 0 Å². The first-order chi connectivity index (χ1) is 8.85. The normalized spacial score (nSPS) is 31.0. The van der Waals surface area contributed by atoms with Gasteiger partial charge in [-0.25, -0.2) is 0 Å². The molecule has 0 unspecified atom stereocenters. The van der Waals surface area contributed by atoms with Gasteiger partial charge in [0.2, 0.25) is 0 Å². The molecular formula is C13H27N3O2S. The Morgan fingerprint density at radius 3 is 2.47 bits per heavy atom. The Morgan fingerprint density at radius 2 is 2.00 bits per heavy atom. The Kier molecular flexibility index (Phi) is 4.55. The molecule has 2 aliphatic rings. The van der Waals surface area contributed by atoms with Crippen molar-refractivity contribution in [2.45, 2.75) is 45.7 Å². The maximum absolute atomic E-state index is 12.4. The summed E-state index contributed by atoms with van der Waals surface area (Å²) in [5, 5.41) is 0. The number of nitrogens with zero attached hydrogens (tertiary/aromatic N) is 2. The summed E-state index contributed by atoms with van der Waals surface area (Å²) in [4.78, 5) is 2.29. The monoisotopic (exact) mass is 289 g/mol. The van der Waals surface area contributed by atoms with E-state index in [4.69, 9.17) is 0 Å². The van der Waals surface area contributed by atoms with Crippen molar-refractivity contribution in [3.8, 4) is 0 Å². The molecule has 2 rings (SSSR count). The summed E-state index contributed by atoms with van der Waals surface area (Å²) in [5.41, 5.74) is 0. The average molecular weight is 289 g/mol. The predicted molar refractivity (Wildman–Crippen MR) is 77.1 cm³/mol. The first kappa shape index (κ1) is 15.2. The van der Waals surface area contributed by atoms with E-state index in [-0.39, 0.29) is 12.1 Å². The molecule has 5 nitrogen and oxygen atoms in total. The number of hydrogen-bond acceptors (Lipinski definition) is 3. The van der Waals surface area contributed by atoms with Crippen LogP contribution in [0, 0.1) is 11.8 Å². The second-order valence-corrected chi connectivity index (χ2v) is 7.91. The van der Waals surface area contributed by atoms with Crippen LogP contribution in [0.5, 0.6) is 0 Å². The molecule has 0 amide bonds. The highest BCUT2D eigenvalue weighted by atomic mass is 32.2. The van der Waals surface area contributed by atoms with E-state index in [2.05, 4.69) is 23.5 Å². The van der Waals surface area contributed by atoms with Crippen molar-refractivity contribution < 1.29 is 8.42 Å². The maximum atomic E-state index is 12.4. The smallest absolute Gasteiger partial charge is 0.279 e. The number of nitrogens with one attached hydrogen (secondary N) is 1. The second-order valence-electron chi connectivity index (χ2n) is 6.15. The van der Waals surface area contributed by atoms with Gasteiger partial charge < -0.3 is 4.90 Å². The van der Waals surface area contributed by atoms with Gasteiger partial charge in [0, 0.05) is 32.2 Å². The van der Waals surface area contributed by atoms with Gasteiger partial charge in [0.05, 0.1) is 0 Å². The van der Waals surface area contributed by atoms with Crippen molar-refractivity contribution in [1.82, 2.24) is 13.9 Å². The number of rotatable bonds is 6. The third-order valence-electron chi connectivity index (χ3n) is 4.69. The highest BCUT2D eigenvalue weighted by Crippen LogP contribution is 2.35. The lowest BCUT2D eigenvalue weighted by atomic mass is 10.1. The molecule has 1 heterocycles. The van der Waals surface area contributed by atoms with E-state index >= 15 is 0 Å².